The zero-order valence-corrected chi connectivity index (χ0v) is 35.6. The molecule has 0 radical (unpaired) electrons. The van der Waals surface area contributed by atoms with E-state index in [1.165, 1.54) is 30.3 Å². The van der Waals surface area contributed by atoms with Crippen LogP contribution in [0.15, 0.2) is 72.8 Å². The van der Waals surface area contributed by atoms with Gasteiger partial charge in [-0.1, -0.05) is 30.4 Å². The number of aromatic hydroxyl groups is 3. The third kappa shape index (κ3) is 9.63. The highest BCUT2D eigenvalue weighted by Gasteiger charge is 2.48. The van der Waals surface area contributed by atoms with E-state index in [4.69, 9.17) is 33.2 Å². The number of benzene rings is 4. The molecule has 0 aliphatic carbocycles. The molecule has 22 nitrogen and oxygen atoms in total. The van der Waals surface area contributed by atoms with Crippen molar-refractivity contribution in [1.82, 2.24) is 0 Å². The fourth-order valence-corrected chi connectivity index (χ4v) is 8.50. The standard InChI is InChI=1S/C46H52O22/c47-15-29-34(53)37(56)40(59)44(66-29)62-20-5-3-18(4-6-20)1-2-19-11-27(52)33-28(12-19)65-43(24-10-8-22(14-26(24)51)64-46-42(61)39(58)36(55)31(17-49)68-46)32(33)23-9-7-21(13-25(23)50)63-45-41(60)38(57)35(54)30(16-48)67-45/h1-14,29-32,34-61H,15-17H2/b2-1-/t29-,30-,31-,32+,34-,35-,36-,37+,38+,39+,40-,41-,42-,43-,44-,45-,46-/m1/s1. The maximum absolute atomic E-state index is 11.7. The number of aliphatic hydroxyl groups excluding tert-OH is 12. The Hall–Kier alpha value is -5.38. The molecule has 4 aliphatic rings. The van der Waals surface area contributed by atoms with Crippen molar-refractivity contribution in [2.24, 2.45) is 0 Å². The molecule has 22 heteroatoms. The Morgan fingerprint density at radius 1 is 0.426 bits per heavy atom. The summed E-state index contributed by atoms with van der Waals surface area (Å²) in [4.78, 5) is 0. The molecule has 3 fully saturated rings. The fraction of sp³-hybridized carbons (Fsp3) is 0.435. The molecule has 0 unspecified atom stereocenters. The Morgan fingerprint density at radius 2 is 0.838 bits per heavy atom. The van der Waals surface area contributed by atoms with E-state index >= 15 is 0 Å². The average molecular weight is 957 g/mol. The van der Waals surface area contributed by atoms with Crippen LogP contribution >= 0.6 is 0 Å². The summed E-state index contributed by atoms with van der Waals surface area (Å²) in [5, 5.41) is 156. The summed E-state index contributed by atoms with van der Waals surface area (Å²) in [5.41, 5.74) is 1.56. The zero-order chi connectivity index (χ0) is 48.7. The van der Waals surface area contributed by atoms with Gasteiger partial charge in [0.05, 0.1) is 25.7 Å². The van der Waals surface area contributed by atoms with Crippen molar-refractivity contribution in [3.8, 4) is 40.2 Å². The first-order chi connectivity index (χ1) is 32.5. The van der Waals surface area contributed by atoms with Crippen molar-refractivity contribution >= 4 is 12.2 Å². The molecular weight excluding hydrogens is 904 g/mol. The lowest BCUT2D eigenvalue weighted by molar-refractivity contribution is -0.277. The van der Waals surface area contributed by atoms with Gasteiger partial charge in [-0.3, -0.25) is 0 Å². The van der Waals surface area contributed by atoms with Gasteiger partial charge in [-0.25, -0.2) is 0 Å². The van der Waals surface area contributed by atoms with Crippen LogP contribution in [0.5, 0.6) is 40.2 Å². The van der Waals surface area contributed by atoms with Gasteiger partial charge in [0, 0.05) is 28.8 Å². The van der Waals surface area contributed by atoms with Crippen LogP contribution < -0.4 is 18.9 Å². The third-order valence-electron chi connectivity index (χ3n) is 12.3. The monoisotopic (exact) mass is 956 g/mol. The first-order valence-electron chi connectivity index (χ1n) is 21.4. The molecule has 0 aromatic heterocycles. The minimum absolute atomic E-state index is 0.0658. The number of phenolic OH excluding ortho intramolecular Hbond substituents is 3. The normalized spacial score (nSPS) is 34.9. The number of hydrogen-bond donors (Lipinski definition) is 15. The van der Waals surface area contributed by atoms with Crippen molar-refractivity contribution < 1.29 is 110 Å². The third-order valence-corrected chi connectivity index (χ3v) is 12.3. The Kier molecular flexibility index (Phi) is 14.6. The van der Waals surface area contributed by atoms with Crippen molar-refractivity contribution in [2.45, 2.75) is 104 Å². The van der Waals surface area contributed by atoms with E-state index in [2.05, 4.69) is 0 Å². The summed E-state index contributed by atoms with van der Waals surface area (Å²) in [7, 11) is 0. The van der Waals surface area contributed by atoms with Crippen molar-refractivity contribution in [2.75, 3.05) is 19.8 Å². The average Bonchev–Trinajstić information content (AvgIpc) is 3.71. The van der Waals surface area contributed by atoms with Crippen LogP contribution in [0.3, 0.4) is 0 Å². The highest BCUT2D eigenvalue weighted by Crippen LogP contribution is 2.56. The predicted molar refractivity (Wildman–Crippen MR) is 228 cm³/mol. The summed E-state index contributed by atoms with van der Waals surface area (Å²) in [6, 6.07) is 17.4. The molecule has 68 heavy (non-hydrogen) atoms. The minimum Gasteiger partial charge on any atom is -0.508 e. The summed E-state index contributed by atoms with van der Waals surface area (Å²) >= 11 is 0. The molecule has 4 aromatic carbocycles. The molecule has 0 bridgehead atoms. The number of fused-ring (bicyclic) bond motifs is 1. The summed E-state index contributed by atoms with van der Waals surface area (Å²) < 4.78 is 39.8. The largest absolute Gasteiger partial charge is 0.508 e. The Bertz CT molecular complexity index is 2390. The second-order valence-corrected chi connectivity index (χ2v) is 16.8. The van der Waals surface area contributed by atoms with E-state index < -0.39 is 135 Å². The van der Waals surface area contributed by atoms with Crippen molar-refractivity contribution in [3.63, 3.8) is 0 Å². The molecule has 15 N–H and O–H groups in total. The van der Waals surface area contributed by atoms with E-state index in [9.17, 15) is 76.6 Å². The lowest BCUT2D eigenvalue weighted by Crippen LogP contribution is -2.60. The highest BCUT2D eigenvalue weighted by atomic mass is 16.7. The molecule has 3 saturated heterocycles. The van der Waals surface area contributed by atoms with E-state index in [-0.39, 0.29) is 45.4 Å². The van der Waals surface area contributed by atoms with Gasteiger partial charge in [0.1, 0.15) is 120 Å². The first-order valence-corrected chi connectivity index (χ1v) is 21.4. The SMILES string of the molecule is OC[C@H]1O[C@@H](Oc2ccc(/C=C\c3cc(O)c4c(c3)O[C@H](c3ccc(O[C@@H]5O[C@H](CO)[C@@H](O)[C@H](O)[C@H]5O)cc3O)[C@H]4c3ccc(O[C@@H]4O[C@H](CO)[C@@H](O)[C@H](O)[C@H]4O)cc3O)cc2)[C@H](O)[C@@H](O)[C@@H]1O. The van der Waals surface area contributed by atoms with Crippen LogP contribution in [0, 0.1) is 0 Å². The van der Waals surface area contributed by atoms with Crippen LogP contribution in [0.2, 0.25) is 0 Å². The smallest absolute Gasteiger partial charge is 0.229 e. The second kappa shape index (κ2) is 20.3. The first kappa shape index (κ1) is 49.1. The quantitative estimate of drug-likeness (QED) is 0.0631. The summed E-state index contributed by atoms with van der Waals surface area (Å²) in [6.45, 7) is -2.02. The van der Waals surface area contributed by atoms with Gasteiger partial charge in [0.15, 0.2) is 0 Å². The number of aliphatic hydroxyl groups is 12. The highest BCUT2D eigenvalue weighted by molar-refractivity contribution is 5.73. The van der Waals surface area contributed by atoms with Gasteiger partial charge in [-0.05, 0) is 53.6 Å². The summed E-state index contributed by atoms with van der Waals surface area (Å²) in [6.07, 6.45) is -21.0. The van der Waals surface area contributed by atoms with Gasteiger partial charge in [0.25, 0.3) is 0 Å². The van der Waals surface area contributed by atoms with E-state index in [1.807, 2.05) is 0 Å². The second-order valence-electron chi connectivity index (χ2n) is 16.8. The van der Waals surface area contributed by atoms with Gasteiger partial charge < -0.3 is 110 Å². The number of ether oxygens (including phenoxy) is 7. The zero-order valence-electron chi connectivity index (χ0n) is 35.6. The number of phenols is 3. The van der Waals surface area contributed by atoms with E-state index in [0.717, 1.165) is 12.1 Å². The molecule has 17 atom stereocenters. The van der Waals surface area contributed by atoms with Crippen LogP contribution in [-0.2, 0) is 14.2 Å². The molecule has 8 rings (SSSR count). The van der Waals surface area contributed by atoms with Crippen molar-refractivity contribution in [3.05, 3.63) is 101 Å². The maximum Gasteiger partial charge on any atom is 0.229 e. The topological polar surface area (TPSA) is 368 Å². The molecule has 0 spiro atoms. The van der Waals surface area contributed by atoms with Gasteiger partial charge in [-0.15, -0.1) is 0 Å². The predicted octanol–water partition coefficient (Wildman–Crippen LogP) is -2.22. The molecule has 0 saturated carbocycles. The Morgan fingerprint density at radius 3 is 1.28 bits per heavy atom. The van der Waals surface area contributed by atoms with Crippen LogP contribution in [0.25, 0.3) is 12.2 Å². The number of hydrogen-bond acceptors (Lipinski definition) is 22. The lowest BCUT2D eigenvalue weighted by atomic mass is 9.83. The van der Waals surface area contributed by atoms with E-state index in [1.54, 1.807) is 42.5 Å². The molecule has 4 heterocycles. The maximum atomic E-state index is 11.7. The molecular formula is C46H52O22. The van der Waals surface area contributed by atoms with Crippen LogP contribution in [0.1, 0.15) is 39.8 Å². The van der Waals surface area contributed by atoms with Crippen LogP contribution in [-0.4, -0.2) is 189 Å². The molecule has 0 amide bonds. The Balaban J connectivity index is 1.07. The summed E-state index contributed by atoms with van der Waals surface area (Å²) in [5.74, 6) is -1.92. The van der Waals surface area contributed by atoms with Crippen molar-refractivity contribution in [1.29, 1.82) is 0 Å². The molecule has 4 aromatic rings. The lowest BCUT2D eigenvalue weighted by Gasteiger charge is -2.39. The molecule has 4 aliphatic heterocycles. The van der Waals surface area contributed by atoms with Gasteiger partial charge >= 0.3 is 0 Å². The van der Waals surface area contributed by atoms with Gasteiger partial charge in [-0.2, -0.15) is 0 Å². The Labute approximate surface area is 386 Å². The number of rotatable bonds is 13. The molecule has 368 valence electrons. The fourth-order valence-electron chi connectivity index (χ4n) is 8.50. The van der Waals surface area contributed by atoms with E-state index in [0.29, 0.717) is 11.1 Å². The van der Waals surface area contributed by atoms with Gasteiger partial charge in [0.2, 0.25) is 18.9 Å². The minimum atomic E-state index is -1.75. The van der Waals surface area contributed by atoms with Crippen LogP contribution in [0.4, 0.5) is 0 Å².